The Hall–Kier alpha value is -2.24. The zero-order valence-corrected chi connectivity index (χ0v) is 19.8. The average Bonchev–Trinajstić information content (AvgIpc) is 3.18. The van der Waals surface area contributed by atoms with E-state index in [0.717, 1.165) is 42.6 Å². The Morgan fingerprint density at radius 3 is 2.24 bits per heavy atom. The van der Waals surface area contributed by atoms with Crippen molar-refractivity contribution in [1.82, 2.24) is 5.32 Å². The minimum atomic E-state index is -0.193. The number of halogens is 2. The van der Waals surface area contributed by atoms with E-state index in [4.69, 9.17) is 28.3 Å². The molecule has 0 radical (unpaired) electrons. The molecule has 33 heavy (non-hydrogen) atoms. The van der Waals surface area contributed by atoms with Crippen LogP contribution in [0.1, 0.15) is 56.6 Å². The van der Waals surface area contributed by atoms with E-state index in [1.54, 1.807) is 24.3 Å². The van der Waals surface area contributed by atoms with E-state index in [1.165, 1.54) is 19.3 Å². The first-order valence-corrected chi connectivity index (χ1v) is 12.6. The Labute approximate surface area is 203 Å². The third kappa shape index (κ3) is 3.89. The van der Waals surface area contributed by atoms with E-state index < -0.39 is 0 Å². The number of aromatic hydroxyl groups is 1. The highest BCUT2D eigenvalue weighted by Gasteiger charge is 2.52. The summed E-state index contributed by atoms with van der Waals surface area (Å²) in [7, 11) is 0. The van der Waals surface area contributed by atoms with Crippen molar-refractivity contribution in [3.05, 3.63) is 58.1 Å². The van der Waals surface area contributed by atoms with Crippen LogP contribution in [0.3, 0.4) is 0 Å². The second-order valence-electron chi connectivity index (χ2n) is 10.5. The van der Waals surface area contributed by atoms with Crippen LogP contribution in [-0.4, -0.2) is 22.3 Å². The van der Waals surface area contributed by atoms with Gasteiger partial charge in [0.1, 0.15) is 11.5 Å². The van der Waals surface area contributed by atoms with Gasteiger partial charge in [0.25, 0.3) is 5.91 Å². The van der Waals surface area contributed by atoms with Crippen molar-refractivity contribution in [2.24, 2.45) is 22.9 Å². The molecule has 1 amide bonds. The maximum atomic E-state index is 13.5. The number of carbonyl (C=O) groups excluding carboxylic acids is 1. The number of phenols is 1. The van der Waals surface area contributed by atoms with Crippen LogP contribution in [0.25, 0.3) is 0 Å². The van der Waals surface area contributed by atoms with Crippen LogP contribution in [0.2, 0.25) is 10.0 Å². The van der Waals surface area contributed by atoms with Crippen molar-refractivity contribution in [3.63, 3.8) is 0 Å². The summed E-state index contributed by atoms with van der Waals surface area (Å²) in [6.45, 7) is 0. The summed E-state index contributed by atoms with van der Waals surface area (Å²) in [5.74, 6) is 2.42. The van der Waals surface area contributed by atoms with E-state index in [9.17, 15) is 9.90 Å². The second-order valence-corrected chi connectivity index (χ2v) is 11.3. The number of nitrogens with one attached hydrogen (secondary N) is 1. The number of nitrogens with zero attached hydrogens (tertiary/aromatic N) is 2. The number of carbonyl (C=O) groups is 1. The van der Waals surface area contributed by atoms with Crippen LogP contribution >= 0.6 is 23.2 Å². The summed E-state index contributed by atoms with van der Waals surface area (Å²) in [5.41, 5.74) is 2.13. The number of hydrogen-bond acceptors (Lipinski definition) is 4. The second kappa shape index (κ2) is 7.92. The molecule has 1 atom stereocenters. The van der Waals surface area contributed by atoms with Crippen molar-refractivity contribution >= 4 is 40.5 Å². The maximum absolute atomic E-state index is 13.5. The molecule has 7 heteroatoms. The molecule has 0 aromatic heterocycles. The Morgan fingerprint density at radius 1 is 1.00 bits per heavy atom. The van der Waals surface area contributed by atoms with Crippen LogP contribution in [0.15, 0.2) is 47.6 Å². The number of amides is 1. The number of rotatable bonds is 4. The van der Waals surface area contributed by atoms with E-state index in [0.29, 0.717) is 27.9 Å². The Morgan fingerprint density at radius 2 is 1.64 bits per heavy atom. The smallest absolute Gasteiger partial charge is 0.268 e. The molecule has 2 aromatic carbocycles. The molecule has 2 aromatic rings. The predicted octanol–water partition coefficient (Wildman–Crippen LogP) is 6.09. The lowest BCUT2D eigenvalue weighted by Gasteiger charge is -2.56. The third-order valence-electron chi connectivity index (χ3n) is 8.02. The summed E-state index contributed by atoms with van der Waals surface area (Å²) < 4.78 is 0. The van der Waals surface area contributed by atoms with Gasteiger partial charge in [0, 0.05) is 17.0 Å². The number of benzene rings is 2. The normalized spacial score (nSPS) is 32.2. The third-order valence-corrected chi connectivity index (χ3v) is 8.56. The van der Waals surface area contributed by atoms with Gasteiger partial charge in [-0.1, -0.05) is 35.3 Å². The summed E-state index contributed by atoms with van der Waals surface area (Å²) in [6, 6.07) is 12.2. The molecule has 1 aliphatic heterocycles. The fraction of sp³-hybridized carbons (Fsp3) is 0.462. The number of hydrogen-bond donors (Lipinski definition) is 2. The fourth-order valence-corrected chi connectivity index (χ4v) is 7.56. The minimum Gasteiger partial charge on any atom is -0.508 e. The van der Waals surface area contributed by atoms with Crippen molar-refractivity contribution < 1.29 is 9.90 Å². The highest BCUT2D eigenvalue weighted by Crippen LogP contribution is 2.55. The quantitative estimate of drug-likeness (QED) is 0.552. The molecule has 4 saturated carbocycles. The lowest BCUT2D eigenvalue weighted by atomic mass is 9.53. The standard InChI is InChI=1S/C26H27Cl2N3O2/c27-19-3-6-23(21(28)10-19)31-24(18-1-4-20(32)5-2-18)11-22(30-31)25(33)29-26-12-15-7-16(13-26)9-17(8-15)14-26/h1-6,10,15-17,24,32H,7-9,11-14H2,(H,29,33). The topological polar surface area (TPSA) is 64.9 Å². The molecule has 7 rings (SSSR count). The zero-order chi connectivity index (χ0) is 22.7. The van der Waals surface area contributed by atoms with Crippen LogP contribution in [0, 0.1) is 17.8 Å². The van der Waals surface area contributed by atoms with E-state index >= 15 is 0 Å². The Balaban J connectivity index is 1.30. The molecular weight excluding hydrogens is 457 g/mol. The average molecular weight is 484 g/mol. The summed E-state index contributed by atoms with van der Waals surface area (Å²) in [4.78, 5) is 13.5. The minimum absolute atomic E-state index is 0.0617. The highest BCUT2D eigenvalue weighted by molar-refractivity contribution is 6.40. The van der Waals surface area contributed by atoms with E-state index in [-0.39, 0.29) is 23.2 Å². The van der Waals surface area contributed by atoms with Gasteiger partial charge >= 0.3 is 0 Å². The van der Waals surface area contributed by atoms with Crippen LogP contribution < -0.4 is 10.3 Å². The molecule has 4 bridgehead atoms. The van der Waals surface area contributed by atoms with Gasteiger partial charge in [0.2, 0.25) is 0 Å². The lowest BCUT2D eigenvalue weighted by molar-refractivity contribution is -0.120. The molecule has 5 aliphatic rings. The van der Waals surface area contributed by atoms with Crippen molar-refractivity contribution in [3.8, 4) is 5.75 Å². The summed E-state index contributed by atoms with van der Waals surface area (Å²) >= 11 is 12.6. The van der Waals surface area contributed by atoms with Gasteiger partial charge in [-0.3, -0.25) is 9.80 Å². The molecule has 4 fully saturated rings. The first-order valence-electron chi connectivity index (χ1n) is 11.8. The zero-order valence-electron chi connectivity index (χ0n) is 18.3. The number of phenolic OH excluding ortho intramolecular Hbond substituents is 1. The predicted molar refractivity (Wildman–Crippen MR) is 131 cm³/mol. The van der Waals surface area contributed by atoms with Gasteiger partial charge in [-0.05, 0) is 92.2 Å². The number of anilines is 1. The van der Waals surface area contributed by atoms with Crippen LogP contribution in [-0.2, 0) is 4.79 Å². The van der Waals surface area contributed by atoms with Gasteiger partial charge in [-0.25, -0.2) is 0 Å². The first kappa shape index (κ1) is 21.3. The summed E-state index contributed by atoms with van der Waals surface area (Å²) in [5, 5.41) is 20.8. The van der Waals surface area contributed by atoms with Crippen LogP contribution in [0.4, 0.5) is 5.69 Å². The monoisotopic (exact) mass is 483 g/mol. The fourth-order valence-electron chi connectivity index (χ4n) is 7.07. The van der Waals surface area contributed by atoms with Gasteiger partial charge in [0.05, 0.1) is 16.8 Å². The lowest BCUT2D eigenvalue weighted by Crippen LogP contribution is -2.60. The molecule has 0 saturated heterocycles. The van der Waals surface area contributed by atoms with Crippen molar-refractivity contribution in [2.75, 3.05) is 5.01 Å². The molecule has 1 heterocycles. The largest absolute Gasteiger partial charge is 0.508 e. The molecule has 2 N–H and O–H groups in total. The van der Waals surface area contributed by atoms with E-state index in [2.05, 4.69) is 5.32 Å². The Bertz CT molecular complexity index is 1100. The first-order chi connectivity index (χ1) is 15.9. The molecule has 5 nitrogen and oxygen atoms in total. The molecule has 1 unspecified atom stereocenters. The van der Waals surface area contributed by atoms with Crippen LogP contribution in [0.5, 0.6) is 5.75 Å². The highest BCUT2D eigenvalue weighted by atomic mass is 35.5. The van der Waals surface area contributed by atoms with Gasteiger partial charge in [-0.15, -0.1) is 0 Å². The van der Waals surface area contributed by atoms with Gasteiger partial charge < -0.3 is 10.4 Å². The van der Waals surface area contributed by atoms with Crippen molar-refractivity contribution in [1.29, 1.82) is 0 Å². The SMILES string of the molecule is O=C(NC12CC3CC(CC(C3)C1)C2)C1=NN(c2ccc(Cl)cc2Cl)C(c2ccc(O)cc2)C1. The Kier molecular flexibility index (Phi) is 5.11. The maximum Gasteiger partial charge on any atom is 0.268 e. The van der Waals surface area contributed by atoms with Crippen molar-refractivity contribution in [2.45, 2.75) is 56.5 Å². The molecule has 172 valence electrons. The van der Waals surface area contributed by atoms with Gasteiger partial charge in [0.15, 0.2) is 0 Å². The summed E-state index contributed by atoms with van der Waals surface area (Å²) in [6.07, 6.45) is 7.79. The van der Waals surface area contributed by atoms with E-state index in [1.807, 2.05) is 23.2 Å². The molecular formula is C26H27Cl2N3O2. The molecule has 0 spiro atoms. The molecule has 4 aliphatic carbocycles. The van der Waals surface area contributed by atoms with Gasteiger partial charge in [-0.2, -0.15) is 5.10 Å². The number of hydrazone groups is 1.